The van der Waals surface area contributed by atoms with E-state index in [1.165, 1.54) is 6.33 Å². The summed E-state index contributed by atoms with van der Waals surface area (Å²) in [6.07, 6.45) is 5.12. The van der Waals surface area contributed by atoms with Crippen LogP contribution in [0.25, 0.3) is 16.6 Å². The molecule has 3 aromatic heterocycles. The highest BCUT2D eigenvalue weighted by Crippen LogP contribution is 2.23. The highest BCUT2D eigenvalue weighted by Gasteiger charge is 2.18. The maximum Gasteiger partial charge on any atom is 0.255 e. The fourth-order valence-corrected chi connectivity index (χ4v) is 2.28. The second-order valence-electron chi connectivity index (χ2n) is 5.19. The van der Waals surface area contributed by atoms with E-state index >= 15 is 0 Å². The summed E-state index contributed by atoms with van der Waals surface area (Å²) in [4.78, 5) is 20.8. The number of nitrogens with one attached hydrogen (secondary N) is 1. The van der Waals surface area contributed by atoms with Crippen molar-refractivity contribution in [3.63, 3.8) is 0 Å². The molecule has 0 aliphatic carbocycles. The lowest BCUT2D eigenvalue weighted by Crippen LogP contribution is -2.27. The lowest BCUT2D eigenvalue weighted by atomic mass is 10.2. The summed E-state index contributed by atoms with van der Waals surface area (Å²) in [7, 11) is 0. The summed E-state index contributed by atoms with van der Waals surface area (Å²) in [5, 5.41) is 2.96. The van der Waals surface area contributed by atoms with E-state index in [1.54, 1.807) is 6.20 Å². The van der Waals surface area contributed by atoms with Crippen LogP contribution in [0.2, 0.25) is 0 Å². The molecule has 0 bridgehead atoms. The van der Waals surface area contributed by atoms with Crippen LogP contribution >= 0.6 is 0 Å². The fourth-order valence-electron chi connectivity index (χ4n) is 2.28. The minimum Gasteiger partial charge on any atom is -0.352 e. The van der Waals surface area contributed by atoms with Crippen LogP contribution in [-0.4, -0.2) is 26.8 Å². The van der Waals surface area contributed by atoms with Gasteiger partial charge in [0.1, 0.15) is 11.8 Å². The van der Waals surface area contributed by atoms with Crippen molar-refractivity contribution < 1.29 is 4.79 Å². The third-order valence-electron chi connectivity index (χ3n) is 3.20. The molecule has 1 N–H and O–H groups in total. The summed E-state index contributed by atoms with van der Waals surface area (Å²) in [5.74, 6) is 0.324. The Hall–Kier alpha value is -2.43. The number of rotatable bonds is 3. The number of amides is 1. The summed E-state index contributed by atoms with van der Waals surface area (Å²) < 4.78 is 1.94. The van der Waals surface area contributed by atoms with Crippen molar-refractivity contribution in [3.8, 4) is 0 Å². The van der Waals surface area contributed by atoms with E-state index in [1.807, 2.05) is 28.8 Å². The molecule has 3 rings (SSSR count). The van der Waals surface area contributed by atoms with Crippen molar-refractivity contribution in [3.05, 3.63) is 42.5 Å². The van der Waals surface area contributed by atoms with Gasteiger partial charge in [0.05, 0.1) is 22.8 Å². The normalized spacial score (nSPS) is 11.3. The summed E-state index contributed by atoms with van der Waals surface area (Å²) in [5.41, 5.74) is 3.00. The van der Waals surface area contributed by atoms with Crippen LogP contribution in [-0.2, 0) is 0 Å². The molecule has 5 nitrogen and oxygen atoms in total. The van der Waals surface area contributed by atoms with Gasteiger partial charge in [-0.15, -0.1) is 0 Å². The zero-order chi connectivity index (χ0) is 14.1. The van der Waals surface area contributed by atoms with Gasteiger partial charge < -0.3 is 9.72 Å². The summed E-state index contributed by atoms with van der Waals surface area (Å²) in [6.45, 7) is 4.78. The molecule has 102 valence electrons. The van der Waals surface area contributed by atoms with E-state index in [4.69, 9.17) is 0 Å². The average Bonchev–Trinajstić information content (AvgIpc) is 2.79. The number of carbonyl (C=O) groups is 1. The van der Waals surface area contributed by atoms with Crippen molar-refractivity contribution in [1.29, 1.82) is 0 Å². The van der Waals surface area contributed by atoms with Crippen LogP contribution in [0.4, 0.5) is 0 Å². The second kappa shape index (κ2) is 4.92. The first-order chi connectivity index (χ1) is 9.68. The van der Waals surface area contributed by atoms with Gasteiger partial charge in [0.2, 0.25) is 0 Å². The minimum absolute atomic E-state index is 0.0869. The quantitative estimate of drug-likeness (QED) is 0.792. The van der Waals surface area contributed by atoms with Gasteiger partial charge in [0, 0.05) is 12.7 Å². The second-order valence-corrected chi connectivity index (χ2v) is 5.19. The number of fused-ring (bicyclic) bond motifs is 3. The predicted octanol–water partition coefficient (Wildman–Crippen LogP) is 2.27. The standard InChI is InChI=1S/C15H16N4O/c1-10(2)7-17-15(20)13-11-5-3-4-6-19(11)12-8-16-9-18-14(12)13/h3-6,8-10H,7H2,1-2H3,(H,17,20). The van der Waals surface area contributed by atoms with E-state index in [2.05, 4.69) is 29.1 Å². The van der Waals surface area contributed by atoms with Gasteiger partial charge in [0.15, 0.2) is 0 Å². The third kappa shape index (κ3) is 2.01. The Morgan fingerprint density at radius 3 is 3.00 bits per heavy atom. The number of nitrogens with zero attached hydrogens (tertiary/aromatic N) is 3. The van der Waals surface area contributed by atoms with E-state index in [0.717, 1.165) is 11.0 Å². The maximum atomic E-state index is 12.5. The van der Waals surface area contributed by atoms with Crippen molar-refractivity contribution >= 4 is 22.5 Å². The third-order valence-corrected chi connectivity index (χ3v) is 3.20. The van der Waals surface area contributed by atoms with Crippen LogP contribution in [0, 0.1) is 5.92 Å². The first kappa shape index (κ1) is 12.6. The molecule has 3 heterocycles. The summed E-state index contributed by atoms with van der Waals surface area (Å²) >= 11 is 0. The first-order valence-electron chi connectivity index (χ1n) is 6.65. The van der Waals surface area contributed by atoms with E-state index in [-0.39, 0.29) is 5.91 Å². The molecule has 0 atom stereocenters. The lowest BCUT2D eigenvalue weighted by Gasteiger charge is -2.07. The SMILES string of the molecule is CC(C)CNC(=O)c1c2ncncc2n2ccccc12. The Morgan fingerprint density at radius 2 is 2.20 bits per heavy atom. The van der Waals surface area contributed by atoms with Gasteiger partial charge in [-0.1, -0.05) is 19.9 Å². The molecule has 0 unspecified atom stereocenters. The predicted molar refractivity (Wildman–Crippen MR) is 77.7 cm³/mol. The largest absolute Gasteiger partial charge is 0.352 e. The van der Waals surface area contributed by atoms with Crippen LogP contribution < -0.4 is 5.32 Å². The Morgan fingerprint density at radius 1 is 1.35 bits per heavy atom. The van der Waals surface area contributed by atoms with Crippen molar-refractivity contribution in [2.45, 2.75) is 13.8 Å². The molecule has 0 spiro atoms. The van der Waals surface area contributed by atoms with Crippen molar-refractivity contribution in [2.75, 3.05) is 6.54 Å². The highest BCUT2D eigenvalue weighted by molar-refractivity contribution is 6.12. The van der Waals surface area contributed by atoms with Gasteiger partial charge in [-0.2, -0.15) is 0 Å². The molecule has 20 heavy (non-hydrogen) atoms. The Balaban J connectivity index is 2.19. The molecular formula is C15H16N4O. The smallest absolute Gasteiger partial charge is 0.255 e. The Bertz CT molecular complexity index is 722. The molecule has 0 saturated heterocycles. The van der Waals surface area contributed by atoms with Crippen LogP contribution in [0.5, 0.6) is 0 Å². The van der Waals surface area contributed by atoms with Crippen molar-refractivity contribution in [1.82, 2.24) is 19.7 Å². The van der Waals surface area contributed by atoms with Gasteiger partial charge in [-0.05, 0) is 18.1 Å². The van der Waals surface area contributed by atoms with Crippen LogP contribution in [0.15, 0.2) is 36.9 Å². The van der Waals surface area contributed by atoms with Gasteiger partial charge in [-0.3, -0.25) is 4.79 Å². The number of carbonyl (C=O) groups excluding carboxylic acids is 1. The molecular weight excluding hydrogens is 252 g/mol. The number of hydrogen-bond donors (Lipinski definition) is 1. The van der Waals surface area contributed by atoms with Crippen LogP contribution in [0.3, 0.4) is 0 Å². The number of pyridine rings is 1. The number of hydrogen-bond acceptors (Lipinski definition) is 3. The molecule has 5 heteroatoms. The molecule has 0 saturated carbocycles. The maximum absolute atomic E-state index is 12.5. The van der Waals surface area contributed by atoms with E-state index in [9.17, 15) is 4.79 Å². The monoisotopic (exact) mass is 268 g/mol. The fraction of sp³-hybridized carbons (Fsp3) is 0.267. The molecule has 0 aromatic carbocycles. The van der Waals surface area contributed by atoms with E-state index < -0.39 is 0 Å². The van der Waals surface area contributed by atoms with Gasteiger partial charge in [-0.25, -0.2) is 9.97 Å². The van der Waals surface area contributed by atoms with Gasteiger partial charge >= 0.3 is 0 Å². The van der Waals surface area contributed by atoms with Crippen LogP contribution in [0.1, 0.15) is 24.2 Å². The molecule has 0 aliphatic rings. The summed E-state index contributed by atoms with van der Waals surface area (Å²) in [6, 6.07) is 5.77. The van der Waals surface area contributed by atoms with E-state index in [0.29, 0.717) is 23.5 Å². The topological polar surface area (TPSA) is 59.3 Å². The Labute approximate surface area is 116 Å². The van der Waals surface area contributed by atoms with Crippen molar-refractivity contribution in [2.24, 2.45) is 5.92 Å². The number of aromatic nitrogens is 3. The highest BCUT2D eigenvalue weighted by atomic mass is 16.1. The first-order valence-corrected chi connectivity index (χ1v) is 6.65. The molecule has 0 aliphatic heterocycles. The zero-order valence-corrected chi connectivity index (χ0v) is 11.5. The molecule has 3 aromatic rings. The minimum atomic E-state index is -0.0869. The van der Waals surface area contributed by atoms with Gasteiger partial charge in [0.25, 0.3) is 5.91 Å². The molecule has 1 amide bonds. The zero-order valence-electron chi connectivity index (χ0n) is 11.5. The average molecular weight is 268 g/mol. The Kier molecular flexibility index (Phi) is 3.10. The molecule has 0 fully saturated rings. The molecule has 0 radical (unpaired) electrons. The lowest BCUT2D eigenvalue weighted by molar-refractivity contribution is 0.0952.